The number of Topliss-reactive ketones (excluding diaryl/α,β-unsaturated/α-hetero) is 1. The Balaban J connectivity index is 1.41. The lowest BCUT2D eigenvalue weighted by Gasteiger charge is -2.17. The van der Waals surface area contributed by atoms with Crippen LogP contribution in [0.5, 0.6) is 0 Å². The van der Waals surface area contributed by atoms with Crippen LogP contribution in [0.25, 0.3) is 0 Å². The molecule has 4 rings (SSSR count). The van der Waals surface area contributed by atoms with E-state index in [1.165, 1.54) is 21.9 Å². The molecule has 1 aliphatic heterocycles. The number of pyridine rings is 1. The smallest absolute Gasteiger partial charge is 0.328 e. The van der Waals surface area contributed by atoms with Gasteiger partial charge in [-0.25, -0.2) is 19.1 Å². The summed E-state index contributed by atoms with van der Waals surface area (Å²) in [6.07, 6.45) is 3.81. The molecule has 1 atom stereocenters. The molecule has 2 aromatic heterocycles. The first-order valence-electron chi connectivity index (χ1n) is 10.3. The van der Waals surface area contributed by atoms with E-state index in [-0.39, 0.29) is 24.2 Å². The molecule has 166 valence electrons. The number of benzene rings is 1. The third kappa shape index (κ3) is 4.84. The summed E-state index contributed by atoms with van der Waals surface area (Å²) in [4.78, 5) is 37.3. The fourth-order valence-corrected chi connectivity index (χ4v) is 4.68. The number of aromatic nitrogens is 2. The van der Waals surface area contributed by atoms with Crippen molar-refractivity contribution in [1.29, 1.82) is 0 Å². The van der Waals surface area contributed by atoms with Crippen molar-refractivity contribution in [2.45, 2.75) is 32.4 Å². The van der Waals surface area contributed by atoms with E-state index < -0.39 is 6.23 Å². The number of nitrogens with zero attached hydrogens (tertiary/aromatic N) is 4. The third-order valence-electron chi connectivity index (χ3n) is 5.35. The zero-order valence-electron chi connectivity index (χ0n) is 17.6. The van der Waals surface area contributed by atoms with Crippen LogP contribution in [0, 0.1) is 12.7 Å². The predicted octanol–water partition coefficient (Wildman–Crippen LogP) is 3.60. The molecule has 1 aliphatic rings. The standard InChI is InChI=1S/C23H23FN4O3S/c1-15-21(19(29)9-6-17-3-2-11-25-13-17)32-22(26-15)28-20(30)14-27(23(28)31)12-10-16-4-7-18(24)8-5-16/h2-5,7-8,11,13,20,30H,6,9-10,12,14H2,1H3. The quantitative estimate of drug-likeness (QED) is 0.526. The van der Waals surface area contributed by atoms with Crippen molar-refractivity contribution in [2.75, 3.05) is 18.0 Å². The second-order valence-electron chi connectivity index (χ2n) is 7.65. The molecule has 32 heavy (non-hydrogen) atoms. The molecule has 0 saturated carbocycles. The van der Waals surface area contributed by atoms with Crippen molar-refractivity contribution >= 4 is 28.3 Å². The number of aliphatic hydroxyl groups is 1. The number of urea groups is 1. The maximum absolute atomic E-state index is 13.1. The Morgan fingerprint density at radius 3 is 2.72 bits per heavy atom. The lowest BCUT2D eigenvalue weighted by Crippen LogP contribution is -2.35. The molecule has 0 bridgehead atoms. The van der Waals surface area contributed by atoms with Gasteiger partial charge in [0.15, 0.2) is 17.1 Å². The van der Waals surface area contributed by atoms with Crippen LogP contribution in [-0.4, -0.2) is 51.1 Å². The number of carbonyl (C=O) groups excluding carboxylic acids is 2. The monoisotopic (exact) mass is 454 g/mol. The maximum atomic E-state index is 13.1. The van der Waals surface area contributed by atoms with Crippen LogP contribution >= 0.6 is 11.3 Å². The van der Waals surface area contributed by atoms with E-state index in [1.807, 2.05) is 12.1 Å². The van der Waals surface area contributed by atoms with Gasteiger partial charge in [-0.1, -0.05) is 29.5 Å². The fourth-order valence-electron chi connectivity index (χ4n) is 3.61. The predicted molar refractivity (Wildman–Crippen MR) is 119 cm³/mol. The van der Waals surface area contributed by atoms with Crippen molar-refractivity contribution < 1.29 is 19.1 Å². The van der Waals surface area contributed by atoms with Crippen LogP contribution in [-0.2, 0) is 12.8 Å². The number of amides is 2. The van der Waals surface area contributed by atoms with E-state index in [0.717, 1.165) is 22.5 Å². The Labute approximate surface area is 189 Å². The van der Waals surface area contributed by atoms with Gasteiger partial charge >= 0.3 is 6.03 Å². The van der Waals surface area contributed by atoms with E-state index in [9.17, 15) is 19.1 Å². The van der Waals surface area contributed by atoms with Gasteiger partial charge in [-0.15, -0.1) is 0 Å². The van der Waals surface area contributed by atoms with Gasteiger partial charge in [0, 0.05) is 25.4 Å². The van der Waals surface area contributed by atoms with Gasteiger partial charge in [-0.2, -0.15) is 0 Å². The van der Waals surface area contributed by atoms with Crippen LogP contribution in [0.3, 0.4) is 0 Å². The molecule has 9 heteroatoms. The fraction of sp³-hybridized carbons (Fsp3) is 0.304. The van der Waals surface area contributed by atoms with Gasteiger partial charge < -0.3 is 10.0 Å². The molecular weight excluding hydrogens is 431 g/mol. The molecule has 1 unspecified atom stereocenters. The molecular formula is C23H23FN4O3S. The first-order chi connectivity index (χ1) is 15.4. The zero-order chi connectivity index (χ0) is 22.7. The van der Waals surface area contributed by atoms with Gasteiger partial charge in [0.25, 0.3) is 0 Å². The Morgan fingerprint density at radius 2 is 2.00 bits per heavy atom. The molecule has 0 aliphatic carbocycles. The number of anilines is 1. The van der Waals surface area contributed by atoms with Gasteiger partial charge in [0.05, 0.1) is 17.1 Å². The highest BCUT2D eigenvalue weighted by atomic mass is 32.1. The number of rotatable bonds is 8. The number of halogens is 1. The van der Waals surface area contributed by atoms with Crippen molar-refractivity contribution in [3.05, 3.63) is 76.3 Å². The highest BCUT2D eigenvalue weighted by Crippen LogP contribution is 2.31. The molecule has 0 radical (unpaired) electrons. The number of β-amino-alcohol motifs (C(OH)–C–C–N with tert-alkyl or cyclic N) is 1. The van der Waals surface area contributed by atoms with E-state index >= 15 is 0 Å². The number of aliphatic hydroxyl groups excluding tert-OH is 1. The summed E-state index contributed by atoms with van der Waals surface area (Å²) in [5.41, 5.74) is 2.43. The van der Waals surface area contributed by atoms with Crippen molar-refractivity contribution in [2.24, 2.45) is 0 Å². The van der Waals surface area contributed by atoms with Gasteiger partial charge in [0.1, 0.15) is 5.82 Å². The molecule has 0 spiro atoms. The van der Waals surface area contributed by atoms with E-state index in [0.29, 0.717) is 41.5 Å². The van der Waals surface area contributed by atoms with Crippen molar-refractivity contribution in [3.8, 4) is 0 Å². The first kappa shape index (κ1) is 22.0. The van der Waals surface area contributed by atoms with Crippen LogP contribution in [0.4, 0.5) is 14.3 Å². The minimum atomic E-state index is -1.04. The number of ketones is 1. The maximum Gasteiger partial charge on any atom is 0.328 e. The normalized spacial score (nSPS) is 16.1. The molecule has 7 nitrogen and oxygen atoms in total. The summed E-state index contributed by atoms with van der Waals surface area (Å²) in [6.45, 7) is 2.26. The Hall–Kier alpha value is -3.17. The molecule has 3 aromatic rings. The van der Waals surface area contributed by atoms with Crippen LogP contribution < -0.4 is 4.90 Å². The summed E-state index contributed by atoms with van der Waals surface area (Å²) >= 11 is 1.13. The summed E-state index contributed by atoms with van der Waals surface area (Å²) in [7, 11) is 0. The molecule has 1 fully saturated rings. The minimum absolute atomic E-state index is 0.0515. The van der Waals surface area contributed by atoms with Crippen LogP contribution in [0.1, 0.15) is 32.9 Å². The van der Waals surface area contributed by atoms with E-state index in [4.69, 9.17) is 0 Å². The minimum Gasteiger partial charge on any atom is -0.371 e. The van der Waals surface area contributed by atoms with Gasteiger partial charge in [-0.3, -0.25) is 9.78 Å². The highest BCUT2D eigenvalue weighted by Gasteiger charge is 2.39. The van der Waals surface area contributed by atoms with Crippen LogP contribution in [0.15, 0.2) is 48.8 Å². The number of carbonyl (C=O) groups is 2. The topological polar surface area (TPSA) is 86.6 Å². The Kier molecular flexibility index (Phi) is 6.57. The second kappa shape index (κ2) is 9.54. The van der Waals surface area contributed by atoms with Crippen molar-refractivity contribution in [3.63, 3.8) is 0 Å². The third-order valence-corrected chi connectivity index (χ3v) is 6.55. The number of hydrogen-bond acceptors (Lipinski definition) is 6. The average Bonchev–Trinajstić information content (AvgIpc) is 3.30. The second-order valence-corrected chi connectivity index (χ2v) is 8.63. The molecule has 1 saturated heterocycles. The molecule has 1 aromatic carbocycles. The number of hydrogen-bond donors (Lipinski definition) is 1. The highest BCUT2D eigenvalue weighted by molar-refractivity contribution is 7.17. The van der Waals surface area contributed by atoms with Crippen molar-refractivity contribution in [1.82, 2.24) is 14.9 Å². The summed E-state index contributed by atoms with van der Waals surface area (Å²) < 4.78 is 13.1. The summed E-state index contributed by atoms with van der Waals surface area (Å²) in [6, 6.07) is 9.52. The van der Waals surface area contributed by atoms with E-state index in [1.54, 1.807) is 31.5 Å². The average molecular weight is 455 g/mol. The Morgan fingerprint density at radius 1 is 1.22 bits per heavy atom. The molecule has 2 amide bonds. The first-order valence-corrected chi connectivity index (χ1v) is 11.1. The number of aryl methyl sites for hydroxylation is 2. The SMILES string of the molecule is Cc1nc(N2C(=O)N(CCc3ccc(F)cc3)CC2O)sc1C(=O)CCc1cccnc1. The number of thiazole rings is 1. The molecule has 1 N–H and O–H groups in total. The zero-order valence-corrected chi connectivity index (χ0v) is 18.4. The van der Waals surface area contributed by atoms with Gasteiger partial charge in [0.2, 0.25) is 0 Å². The van der Waals surface area contributed by atoms with Crippen LogP contribution in [0.2, 0.25) is 0 Å². The largest absolute Gasteiger partial charge is 0.371 e. The lowest BCUT2D eigenvalue weighted by atomic mass is 10.1. The van der Waals surface area contributed by atoms with E-state index in [2.05, 4.69) is 9.97 Å². The lowest BCUT2D eigenvalue weighted by molar-refractivity contribution is 0.0986. The summed E-state index contributed by atoms with van der Waals surface area (Å²) in [5.74, 6) is -0.359. The summed E-state index contributed by atoms with van der Waals surface area (Å²) in [5, 5.41) is 10.8. The van der Waals surface area contributed by atoms with Gasteiger partial charge in [-0.05, 0) is 49.1 Å². The molecule has 3 heterocycles. The Bertz CT molecular complexity index is 1100.